The quantitative estimate of drug-likeness (QED) is 0.845. The van der Waals surface area contributed by atoms with Crippen LogP contribution in [0.1, 0.15) is 30.1 Å². The van der Waals surface area contributed by atoms with Crippen molar-refractivity contribution >= 4 is 23.1 Å². The number of halogens is 1. The summed E-state index contributed by atoms with van der Waals surface area (Å²) in [5.41, 5.74) is 2.25. The van der Waals surface area contributed by atoms with Crippen LogP contribution in [0.5, 0.6) is 0 Å². The van der Waals surface area contributed by atoms with Crippen LogP contribution in [0.2, 0.25) is 5.15 Å². The molecule has 3 nitrogen and oxygen atoms in total. The third-order valence-corrected chi connectivity index (χ3v) is 3.17. The zero-order valence-corrected chi connectivity index (χ0v) is 10.9. The van der Waals surface area contributed by atoms with Gasteiger partial charge in [0.25, 0.3) is 0 Å². The number of nitrogens with one attached hydrogen (secondary N) is 1. The number of aryl methyl sites for hydroxylation is 1. The van der Waals surface area contributed by atoms with E-state index < -0.39 is 0 Å². The smallest absolute Gasteiger partial charge is 0.135 e. The number of hydrogen-bond acceptors (Lipinski definition) is 3. The molecular formula is C14H14ClN3. The Morgan fingerprint density at radius 1 is 1.17 bits per heavy atom. The van der Waals surface area contributed by atoms with Gasteiger partial charge in [0.15, 0.2) is 0 Å². The Morgan fingerprint density at radius 3 is 2.56 bits per heavy atom. The molecule has 1 aromatic heterocycles. The van der Waals surface area contributed by atoms with Crippen LogP contribution in [-0.4, -0.2) is 9.97 Å². The van der Waals surface area contributed by atoms with Crippen molar-refractivity contribution in [2.24, 2.45) is 0 Å². The van der Waals surface area contributed by atoms with E-state index in [2.05, 4.69) is 34.3 Å². The zero-order chi connectivity index (χ0) is 12.5. The average molecular weight is 260 g/mol. The molecule has 18 heavy (non-hydrogen) atoms. The van der Waals surface area contributed by atoms with Crippen LogP contribution in [0.25, 0.3) is 0 Å². The van der Waals surface area contributed by atoms with Crippen molar-refractivity contribution in [3.8, 4) is 0 Å². The van der Waals surface area contributed by atoms with E-state index in [-0.39, 0.29) is 0 Å². The standard InChI is InChI=1S/C14H14ClN3/c1-9-2-6-11(7-3-9)16-13-8-12(15)17-14(18-13)10-4-5-10/h2-3,6-8,10H,4-5H2,1H3,(H,16,17,18). The molecule has 2 aromatic rings. The molecule has 0 amide bonds. The first-order valence-electron chi connectivity index (χ1n) is 6.09. The molecule has 0 radical (unpaired) electrons. The molecule has 1 aliphatic rings. The molecule has 92 valence electrons. The minimum atomic E-state index is 0.501. The van der Waals surface area contributed by atoms with E-state index in [4.69, 9.17) is 11.6 Å². The average Bonchev–Trinajstić information content (AvgIpc) is 3.15. The number of rotatable bonds is 3. The van der Waals surface area contributed by atoms with E-state index >= 15 is 0 Å². The van der Waals surface area contributed by atoms with Crippen LogP contribution in [0, 0.1) is 6.92 Å². The first kappa shape index (κ1) is 11.5. The van der Waals surface area contributed by atoms with Gasteiger partial charge in [0.2, 0.25) is 0 Å². The second-order valence-corrected chi connectivity index (χ2v) is 5.09. The Morgan fingerprint density at radius 2 is 1.89 bits per heavy atom. The zero-order valence-electron chi connectivity index (χ0n) is 10.2. The minimum Gasteiger partial charge on any atom is -0.340 e. The monoisotopic (exact) mass is 259 g/mol. The third kappa shape index (κ3) is 2.62. The third-order valence-electron chi connectivity index (χ3n) is 2.98. The summed E-state index contributed by atoms with van der Waals surface area (Å²) in [5, 5.41) is 3.76. The van der Waals surface area contributed by atoms with Crippen LogP contribution in [0.15, 0.2) is 30.3 Å². The molecule has 0 unspecified atom stereocenters. The van der Waals surface area contributed by atoms with Gasteiger partial charge in [-0.15, -0.1) is 0 Å². The maximum atomic E-state index is 6.02. The van der Waals surface area contributed by atoms with Gasteiger partial charge in [0.1, 0.15) is 16.8 Å². The van der Waals surface area contributed by atoms with Gasteiger partial charge in [0, 0.05) is 17.7 Å². The van der Waals surface area contributed by atoms with Gasteiger partial charge in [-0.3, -0.25) is 0 Å². The summed E-state index contributed by atoms with van der Waals surface area (Å²) in [6.07, 6.45) is 2.34. The molecule has 4 heteroatoms. The number of benzene rings is 1. The Hall–Kier alpha value is -1.61. The van der Waals surface area contributed by atoms with E-state index in [0.717, 1.165) is 17.3 Å². The highest BCUT2D eigenvalue weighted by molar-refractivity contribution is 6.29. The second kappa shape index (κ2) is 4.58. The molecule has 1 saturated carbocycles. The highest BCUT2D eigenvalue weighted by atomic mass is 35.5. The summed E-state index contributed by atoms with van der Waals surface area (Å²) in [4.78, 5) is 8.77. The largest absolute Gasteiger partial charge is 0.340 e. The van der Waals surface area contributed by atoms with Crippen LogP contribution in [-0.2, 0) is 0 Å². The van der Waals surface area contributed by atoms with Crippen molar-refractivity contribution in [3.05, 3.63) is 46.9 Å². The van der Waals surface area contributed by atoms with Gasteiger partial charge in [-0.25, -0.2) is 9.97 Å². The van der Waals surface area contributed by atoms with Gasteiger partial charge < -0.3 is 5.32 Å². The first-order valence-corrected chi connectivity index (χ1v) is 6.47. The van der Waals surface area contributed by atoms with E-state index in [0.29, 0.717) is 11.1 Å². The van der Waals surface area contributed by atoms with Crippen LogP contribution in [0.4, 0.5) is 11.5 Å². The lowest BCUT2D eigenvalue weighted by Gasteiger charge is -2.07. The highest BCUT2D eigenvalue weighted by Gasteiger charge is 2.27. The maximum Gasteiger partial charge on any atom is 0.135 e. The van der Waals surface area contributed by atoms with Crippen molar-refractivity contribution in [1.82, 2.24) is 9.97 Å². The molecule has 1 N–H and O–H groups in total. The Kier molecular flexibility index (Phi) is 2.92. The predicted octanol–water partition coefficient (Wildman–Crippen LogP) is 4.06. The van der Waals surface area contributed by atoms with E-state index in [1.165, 1.54) is 18.4 Å². The molecular weight excluding hydrogens is 246 g/mol. The predicted molar refractivity (Wildman–Crippen MR) is 73.5 cm³/mol. The summed E-state index contributed by atoms with van der Waals surface area (Å²) in [5.74, 6) is 2.13. The number of nitrogens with zero attached hydrogens (tertiary/aromatic N) is 2. The summed E-state index contributed by atoms with van der Waals surface area (Å²) in [7, 11) is 0. The fourth-order valence-corrected chi connectivity index (χ4v) is 2.00. The Labute approximate surface area is 111 Å². The molecule has 1 fully saturated rings. The molecule has 1 heterocycles. The Balaban J connectivity index is 1.85. The Bertz CT molecular complexity index is 562. The lowest BCUT2D eigenvalue weighted by Crippen LogP contribution is -1.99. The van der Waals surface area contributed by atoms with Crippen LogP contribution >= 0.6 is 11.6 Å². The fraction of sp³-hybridized carbons (Fsp3) is 0.286. The van der Waals surface area contributed by atoms with Gasteiger partial charge in [-0.2, -0.15) is 0 Å². The first-order chi connectivity index (χ1) is 8.70. The SMILES string of the molecule is Cc1ccc(Nc2cc(Cl)nc(C3CC3)n2)cc1. The van der Waals surface area contributed by atoms with Gasteiger partial charge in [-0.1, -0.05) is 29.3 Å². The van der Waals surface area contributed by atoms with Crippen molar-refractivity contribution < 1.29 is 0 Å². The van der Waals surface area contributed by atoms with E-state index in [1.54, 1.807) is 6.07 Å². The van der Waals surface area contributed by atoms with Crippen molar-refractivity contribution in [3.63, 3.8) is 0 Å². The molecule has 1 aromatic carbocycles. The molecule has 3 rings (SSSR count). The maximum absolute atomic E-state index is 6.02. The topological polar surface area (TPSA) is 37.8 Å². The fourth-order valence-electron chi connectivity index (χ4n) is 1.81. The molecule has 0 atom stereocenters. The number of anilines is 2. The van der Waals surface area contributed by atoms with Crippen molar-refractivity contribution in [1.29, 1.82) is 0 Å². The molecule has 0 aliphatic heterocycles. The summed E-state index contributed by atoms with van der Waals surface area (Å²) < 4.78 is 0. The molecule has 0 spiro atoms. The summed E-state index contributed by atoms with van der Waals surface area (Å²) >= 11 is 6.02. The van der Waals surface area contributed by atoms with Crippen molar-refractivity contribution in [2.75, 3.05) is 5.32 Å². The normalized spacial score (nSPS) is 14.6. The lowest BCUT2D eigenvalue weighted by molar-refractivity contribution is 0.931. The minimum absolute atomic E-state index is 0.501. The molecule has 1 aliphatic carbocycles. The van der Waals surface area contributed by atoms with E-state index in [9.17, 15) is 0 Å². The van der Waals surface area contributed by atoms with E-state index in [1.807, 2.05) is 12.1 Å². The number of aromatic nitrogens is 2. The molecule has 0 bridgehead atoms. The molecule has 0 saturated heterocycles. The summed E-state index contributed by atoms with van der Waals surface area (Å²) in [6, 6.07) is 9.94. The summed E-state index contributed by atoms with van der Waals surface area (Å²) in [6.45, 7) is 2.07. The second-order valence-electron chi connectivity index (χ2n) is 4.70. The lowest BCUT2D eigenvalue weighted by atomic mass is 10.2. The van der Waals surface area contributed by atoms with Crippen LogP contribution in [0.3, 0.4) is 0 Å². The van der Waals surface area contributed by atoms with Gasteiger partial charge in [0.05, 0.1) is 0 Å². The van der Waals surface area contributed by atoms with Crippen molar-refractivity contribution in [2.45, 2.75) is 25.7 Å². The van der Waals surface area contributed by atoms with Crippen LogP contribution < -0.4 is 5.32 Å². The number of hydrogen-bond donors (Lipinski definition) is 1. The van der Waals surface area contributed by atoms with Gasteiger partial charge >= 0.3 is 0 Å². The van der Waals surface area contributed by atoms with Gasteiger partial charge in [-0.05, 0) is 31.9 Å². The highest BCUT2D eigenvalue weighted by Crippen LogP contribution is 2.38.